The number of nitrogens with one attached hydrogen (secondary N) is 4. The van der Waals surface area contributed by atoms with Gasteiger partial charge >= 0.3 is 0 Å². The van der Waals surface area contributed by atoms with Gasteiger partial charge in [-0.1, -0.05) is 80.6 Å². The summed E-state index contributed by atoms with van der Waals surface area (Å²) in [5, 5.41) is 11.4. The van der Waals surface area contributed by atoms with E-state index in [9.17, 15) is 19.2 Å². The van der Waals surface area contributed by atoms with E-state index in [1.165, 1.54) is 0 Å². The second-order valence-corrected chi connectivity index (χ2v) is 21.2. The molecule has 5 amide bonds. The Morgan fingerprint density at radius 2 is 1.42 bits per heavy atom. The Hall–Kier alpha value is -3.32. The fourth-order valence-corrected chi connectivity index (χ4v) is 11.8. The summed E-state index contributed by atoms with van der Waals surface area (Å²) in [6.07, 6.45) is 11.7. The van der Waals surface area contributed by atoms with Crippen molar-refractivity contribution in [2.24, 2.45) is 33.5 Å². The molecule has 2 saturated heterocycles. The zero-order chi connectivity index (χ0) is 45.2. The minimum absolute atomic E-state index is 0.00291. The number of likely N-dealkylation sites (tertiary alicyclic amines) is 2. The SMILES string of the molecule is C=C.C=O.CC[C@@H]1C[C@]1(NC(=O)[C@@H]1CC2(CN1C(=O)[C@@H](NC(=O)C(NC(=O)[C@@H]1CCCN1CC)C1CCCCC1)C(C)(C)C)C(C)(C)C21CCC1)C(=O)NN(C)C(C)(C)C. The molecule has 4 saturated carbocycles. The van der Waals surface area contributed by atoms with Crippen LogP contribution in [0.3, 0.4) is 0 Å². The largest absolute Gasteiger partial charge is 0.343 e. The molecule has 6 fully saturated rings. The number of fused-ring (bicyclic) bond motifs is 1. The molecule has 60 heavy (non-hydrogen) atoms. The van der Waals surface area contributed by atoms with Crippen LogP contribution < -0.4 is 21.4 Å². The van der Waals surface area contributed by atoms with Crippen molar-refractivity contribution in [1.82, 2.24) is 36.2 Å². The number of hydrogen-bond acceptors (Lipinski definition) is 8. The Balaban J connectivity index is 0.00000193. The van der Waals surface area contributed by atoms with Crippen molar-refractivity contribution in [3.8, 4) is 0 Å². The van der Waals surface area contributed by atoms with Gasteiger partial charge in [0.25, 0.3) is 5.91 Å². The summed E-state index contributed by atoms with van der Waals surface area (Å²) in [4.78, 5) is 84.3. The average Bonchev–Trinajstić information content (AvgIpc) is 3.70. The summed E-state index contributed by atoms with van der Waals surface area (Å²) >= 11 is 0. The van der Waals surface area contributed by atoms with Gasteiger partial charge in [-0.2, -0.15) is 0 Å². The monoisotopic (exact) mass is 840 g/mol. The highest BCUT2D eigenvalue weighted by molar-refractivity contribution is 5.99. The summed E-state index contributed by atoms with van der Waals surface area (Å²) in [6, 6.07) is -2.70. The van der Waals surface area contributed by atoms with Gasteiger partial charge in [0.05, 0.1) is 6.04 Å². The Morgan fingerprint density at radius 3 is 1.90 bits per heavy atom. The number of amides is 5. The molecule has 4 N–H and O–H groups in total. The lowest BCUT2D eigenvalue weighted by molar-refractivity contribution is -0.145. The molecule has 0 aromatic rings. The van der Waals surface area contributed by atoms with Crippen LogP contribution in [0, 0.1) is 33.5 Å². The van der Waals surface area contributed by atoms with E-state index in [4.69, 9.17) is 4.79 Å². The van der Waals surface area contributed by atoms with Crippen LogP contribution in [0.25, 0.3) is 0 Å². The minimum Gasteiger partial charge on any atom is -0.343 e. The molecule has 6 rings (SSSR count). The van der Waals surface area contributed by atoms with Crippen LogP contribution in [0.4, 0.5) is 0 Å². The first-order chi connectivity index (χ1) is 28.1. The number of nitrogens with zero attached hydrogens (tertiary/aromatic N) is 3. The summed E-state index contributed by atoms with van der Waals surface area (Å²) in [6.45, 7) is 30.7. The highest BCUT2D eigenvalue weighted by Crippen LogP contribution is 2.88. The summed E-state index contributed by atoms with van der Waals surface area (Å²) in [5.41, 5.74) is 0.802. The normalized spacial score (nSPS) is 30.1. The second-order valence-electron chi connectivity index (χ2n) is 21.2. The van der Waals surface area contributed by atoms with Gasteiger partial charge in [-0.3, -0.25) is 34.3 Å². The third kappa shape index (κ3) is 8.82. The molecule has 7 atom stereocenters. The van der Waals surface area contributed by atoms with Crippen LogP contribution in [0.15, 0.2) is 13.2 Å². The molecular formula is C47H81N7O6. The molecule has 13 nitrogen and oxygen atoms in total. The van der Waals surface area contributed by atoms with Crippen molar-refractivity contribution in [1.29, 1.82) is 0 Å². The van der Waals surface area contributed by atoms with Crippen LogP contribution in [0.5, 0.6) is 0 Å². The third-order valence-electron chi connectivity index (χ3n) is 16.2. The second kappa shape index (κ2) is 18.6. The van der Waals surface area contributed by atoms with Crippen molar-refractivity contribution in [2.75, 3.05) is 26.7 Å². The molecule has 0 bridgehead atoms. The van der Waals surface area contributed by atoms with E-state index in [1.807, 2.05) is 62.3 Å². The summed E-state index contributed by atoms with van der Waals surface area (Å²) < 4.78 is 0. The lowest BCUT2D eigenvalue weighted by atomic mass is 9.73. The van der Waals surface area contributed by atoms with Gasteiger partial charge < -0.3 is 25.6 Å². The van der Waals surface area contributed by atoms with E-state index in [1.54, 1.807) is 9.91 Å². The molecule has 2 unspecified atom stereocenters. The quantitative estimate of drug-likeness (QED) is 0.148. The fourth-order valence-electron chi connectivity index (χ4n) is 11.8. The van der Waals surface area contributed by atoms with Crippen LogP contribution >= 0.6 is 0 Å². The van der Waals surface area contributed by atoms with Crippen molar-refractivity contribution in [2.45, 2.75) is 188 Å². The number of likely N-dealkylation sites (N-methyl/N-ethyl adjacent to an activating group) is 1. The van der Waals surface area contributed by atoms with Crippen molar-refractivity contribution >= 4 is 36.3 Å². The molecular weight excluding hydrogens is 759 g/mol. The zero-order valence-corrected chi connectivity index (χ0v) is 39.2. The summed E-state index contributed by atoms with van der Waals surface area (Å²) in [5.74, 6) is -1.22. The zero-order valence-electron chi connectivity index (χ0n) is 39.2. The molecule has 0 aromatic carbocycles. The first-order valence-electron chi connectivity index (χ1n) is 22.9. The van der Waals surface area contributed by atoms with Gasteiger partial charge in [-0.05, 0) is 113 Å². The van der Waals surface area contributed by atoms with Gasteiger partial charge in [-0.25, -0.2) is 5.01 Å². The van der Waals surface area contributed by atoms with E-state index >= 15 is 4.79 Å². The van der Waals surface area contributed by atoms with E-state index in [-0.39, 0.29) is 69.2 Å². The first kappa shape index (κ1) is 49.3. The minimum atomic E-state index is -1.04. The Bertz CT molecular complexity index is 1580. The predicted molar refractivity (Wildman–Crippen MR) is 236 cm³/mol. The average molecular weight is 840 g/mol. The van der Waals surface area contributed by atoms with Crippen LogP contribution in [0.2, 0.25) is 0 Å². The van der Waals surface area contributed by atoms with Gasteiger partial charge in [0.1, 0.15) is 30.5 Å². The van der Waals surface area contributed by atoms with Gasteiger partial charge in [0.2, 0.25) is 23.6 Å². The Labute approximate surface area is 361 Å². The van der Waals surface area contributed by atoms with E-state index in [0.29, 0.717) is 19.4 Å². The fraction of sp³-hybridized carbons (Fsp3) is 0.830. The number of carbonyl (C=O) groups is 6. The van der Waals surface area contributed by atoms with Gasteiger partial charge in [0.15, 0.2) is 0 Å². The number of rotatable bonds is 12. The van der Waals surface area contributed by atoms with E-state index in [2.05, 4.69) is 60.2 Å². The van der Waals surface area contributed by atoms with E-state index in [0.717, 1.165) is 83.7 Å². The maximum Gasteiger partial charge on any atom is 0.260 e. The molecule has 2 aliphatic heterocycles. The lowest BCUT2D eigenvalue weighted by Crippen LogP contribution is -2.63. The van der Waals surface area contributed by atoms with Crippen molar-refractivity contribution in [3.05, 3.63) is 13.2 Å². The maximum atomic E-state index is 15.2. The number of hydrogen-bond donors (Lipinski definition) is 4. The summed E-state index contributed by atoms with van der Waals surface area (Å²) in [7, 11) is 1.84. The Morgan fingerprint density at radius 1 is 0.800 bits per heavy atom. The molecule has 0 aromatic heterocycles. The van der Waals surface area contributed by atoms with Gasteiger partial charge in [0, 0.05) is 24.5 Å². The smallest absolute Gasteiger partial charge is 0.260 e. The van der Waals surface area contributed by atoms with Crippen molar-refractivity contribution < 1.29 is 28.8 Å². The standard InChI is InChI=1S/C44H75N7O5.C2H4.CH2O/c1-12-29-25-44(29,38(56)48-49(11)40(6,7)8)47-35(53)31-26-43(41(9,10)42(43)22-18-23-42)27-51(31)37(55)33(39(3,4)5)46-36(54)32(28-19-15-14-16-20-28)45-34(52)30-21-17-24-50(30)13-2;2*1-2/h28-33H,12-27H2,1-11H3,(H,45,52)(H,46,54)(H,47,53)(H,48,56);1-2H2;1H2/t29-,30+,31+,32?,33-,43?,44-;;/m1../s1. The highest BCUT2D eigenvalue weighted by Gasteiger charge is 2.85. The van der Waals surface area contributed by atoms with Gasteiger partial charge in [-0.15, -0.1) is 13.2 Å². The van der Waals surface area contributed by atoms with Crippen LogP contribution in [0.1, 0.15) is 153 Å². The topological polar surface area (TPSA) is 160 Å². The van der Waals surface area contributed by atoms with Crippen LogP contribution in [-0.4, -0.2) is 113 Å². The molecule has 0 radical (unpaired) electrons. The van der Waals surface area contributed by atoms with E-state index < -0.39 is 29.1 Å². The number of hydrazine groups is 1. The molecule has 2 heterocycles. The van der Waals surface area contributed by atoms with Crippen LogP contribution in [-0.2, 0) is 28.8 Å². The highest BCUT2D eigenvalue weighted by atomic mass is 16.2. The molecule has 2 spiro atoms. The Kier molecular flexibility index (Phi) is 15.3. The lowest BCUT2D eigenvalue weighted by Gasteiger charge is -2.38. The maximum absolute atomic E-state index is 15.2. The predicted octanol–water partition coefficient (Wildman–Crippen LogP) is 5.53. The number of carbonyl (C=O) groups excluding carboxylic acids is 6. The first-order valence-corrected chi connectivity index (χ1v) is 22.9. The van der Waals surface area contributed by atoms with Crippen molar-refractivity contribution in [3.63, 3.8) is 0 Å². The molecule has 6 aliphatic rings. The molecule has 4 aliphatic carbocycles. The molecule has 13 heteroatoms. The third-order valence-corrected chi connectivity index (χ3v) is 16.2. The molecule has 340 valence electrons.